The SMILES string of the molecule is CC1Oc2cccc(NC(=O)Oc3ccccc3)c2NC1=O. The lowest BCUT2D eigenvalue weighted by Gasteiger charge is -2.25. The number of para-hydroxylation sites is 2. The molecule has 3 rings (SSSR count). The van der Waals surface area contributed by atoms with Gasteiger partial charge in [0, 0.05) is 0 Å². The topological polar surface area (TPSA) is 76.7 Å². The van der Waals surface area contributed by atoms with Crippen LogP contribution in [0, 0.1) is 0 Å². The molecular formula is C16H14N2O4. The van der Waals surface area contributed by atoms with E-state index in [-0.39, 0.29) is 5.91 Å². The monoisotopic (exact) mass is 298 g/mol. The molecule has 1 unspecified atom stereocenters. The first kappa shape index (κ1) is 13.9. The molecule has 2 aromatic carbocycles. The normalized spacial score (nSPS) is 16.0. The molecule has 0 bridgehead atoms. The molecule has 2 N–H and O–H groups in total. The summed E-state index contributed by atoms with van der Waals surface area (Å²) in [6, 6.07) is 13.8. The van der Waals surface area contributed by atoms with Crippen LogP contribution in [0.1, 0.15) is 6.92 Å². The third-order valence-corrected chi connectivity index (χ3v) is 3.14. The highest BCUT2D eigenvalue weighted by Crippen LogP contribution is 2.36. The summed E-state index contributed by atoms with van der Waals surface area (Å²) in [6.07, 6.45) is -1.22. The van der Waals surface area contributed by atoms with E-state index in [4.69, 9.17) is 9.47 Å². The maximum Gasteiger partial charge on any atom is 0.417 e. The Morgan fingerprint density at radius 3 is 2.73 bits per heavy atom. The zero-order valence-electron chi connectivity index (χ0n) is 11.8. The van der Waals surface area contributed by atoms with E-state index < -0.39 is 12.2 Å². The fourth-order valence-electron chi connectivity index (χ4n) is 2.06. The molecule has 1 heterocycles. The van der Waals surface area contributed by atoms with E-state index in [0.717, 1.165) is 0 Å². The quantitative estimate of drug-likeness (QED) is 0.893. The summed E-state index contributed by atoms with van der Waals surface area (Å²) in [5.41, 5.74) is 0.842. The third-order valence-electron chi connectivity index (χ3n) is 3.14. The van der Waals surface area contributed by atoms with Crippen molar-refractivity contribution in [1.29, 1.82) is 0 Å². The Kier molecular flexibility index (Phi) is 3.65. The number of amides is 2. The van der Waals surface area contributed by atoms with E-state index in [1.807, 2.05) is 6.07 Å². The fourth-order valence-corrected chi connectivity index (χ4v) is 2.06. The molecule has 0 saturated carbocycles. The molecule has 1 aliphatic heterocycles. The van der Waals surface area contributed by atoms with E-state index in [1.165, 1.54) is 0 Å². The van der Waals surface area contributed by atoms with Crippen molar-refractivity contribution < 1.29 is 19.1 Å². The van der Waals surface area contributed by atoms with Crippen LogP contribution in [-0.4, -0.2) is 18.1 Å². The van der Waals surface area contributed by atoms with Gasteiger partial charge in [0.05, 0.1) is 5.69 Å². The molecule has 0 radical (unpaired) electrons. The van der Waals surface area contributed by atoms with E-state index >= 15 is 0 Å². The van der Waals surface area contributed by atoms with Gasteiger partial charge in [-0.3, -0.25) is 10.1 Å². The Morgan fingerprint density at radius 2 is 1.95 bits per heavy atom. The second kappa shape index (κ2) is 5.77. The smallest absolute Gasteiger partial charge is 0.417 e. The molecule has 0 spiro atoms. The summed E-state index contributed by atoms with van der Waals surface area (Å²) in [6.45, 7) is 1.65. The average Bonchev–Trinajstić information content (AvgIpc) is 2.50. The molecule has 1 atom stereocenters. The Morgan fingerprint density at radius 1 is 1.18 bits per heavy atom. The number of ether oxygens (including phenoxy) is 2. The largest absolute Gasteiger partial charge is 0.479 e. The number of hydrogen-bond donors (Lipinski definition) is 2. The number of fused-ring (bicyclic) bond motifs is 1. The highest BCUT2D eigenvalue weighted by molar-refractivity contribution is 6.03. The molecule has 6 heteroatoms. The van der Waals surface area contributed by atoms with E-state index in [1.54, 1.807) is 49.4 Å². The van der Waals surface area contributed by atoms with Crippen LogP contribution in [0.15, 0.2) is 48.5 Å². The van der Waals surface area contributed by atoms with Crippen LogP contribution in [-0.2, 0) is 4.79 Å². The van der Waals surface area contributed by atoms with Crippen LogP contribution in [0.5, 0.6) is 11.5 Å². The lowest BCUT2D eigenvalue weighted by atomic mass is 10.2. The van der Waals surface area contributed by atoms with Crippen molar-refractivity contribution in [3.8, 4) is 11.5 Å². The molecule has 0 fully saturated rings. The van der Waals surface area contributed by atoms with Gasteiger partial charge in [0.2, 0.25) is 0 Å². The summed E-state index contributed by atoms with van der Waals surface area (Å²) < 4.78 is 10.6. The Hall–Kier alpha value is -3.02. The van der Waals surface area contributed by atoms with Gasteiger partial charge >= 0.3 is 6.09 Å². The van der Waals surface area contributed by atoms with Crippen molar-refractivity contribution in [2.24, 2.45) is 0 Å². The first-order valence-electron chi connectivity index (χ1n) is 6.78. The van der Waals surface area contributed by atoms with Gasteiger partial charge in [-0.15, -0.1) is 0 Å². The van der Waals surface area contributed by atoms with Gasteiger partial charge in [0.25, 0.3) is 5.91 Å². The van der Waals surface area contributed by atoms with Crippen LogP contribution in [0.3, 0.4) is 0 Å². The second-order valence-electron chi connectivity index (χ2n) is 4.76. The van der Waals surface area contributed by atoms with Crippen molar-refractivity contribution in [1.82, 2.24) is 0 Å². The van der Waals surface area contributed by atoms with Gasteiger partial charge in [0.15, 0.2) is 6.10 Å². The molecule has 0 aliphatic carbocycles. The van der Waals surface area contributed by atoms with Gasteiger partial charge in [-0.1, -0.05) is 24.3 Å². The van der Waals surface area contributed by atoms with E-state index in [9.17, 15) is 9.59 Å². The van der Waals surface area contributed by atoms with Crippen LogP contribution >= 0.6 is 0 Å². The summed E-state index contributed by atoms with van der Waals surface area (Å²) in [5, 5.41) is 5.31. The summed E-state index contributed by atoms with van der Waals surface area (Å²) in [4.78, 5) is 23.6. The average molecular weight is 298 g/mol. The first-order valence-corrected chi connectivity index (χ1v) is 6.78. The van der Waals surface area contributed by atoms with Gasteiger partial charge in [-0.2, -0.15) is 0 Å². The Labute approximate surface area is 127 Å². The lowest BCUT2D eigenvalue weighted by Crippen LogP contribution is -2.35. The number of carbonyl (C=O) groups is 2. The van der Waals surface area contributed by atoms with Crippen molar-refractivity contribution in [2.45, 2.75) is 13.0 Å². The maximum atomic E-state index is 11.9. The predicted octanol–water partition coefficient (Wildman–Crippen LogP) is 3.02. The van der Waals surface area contributed by atoms with Crippen molar-refractivity contribution in [2.75, 3.05) is 10.6 Å². The van der Waals surface area contributed by atoms with Gasteiger partial charge in [-0.25, -0.2) is 4.79 Å². The van der Waals surface area contributed by atoms with Crippen molar-refractivity contribution in [3.05, 3.63) is 48.5 Å². The summed E-state index contributed by atoms with van der Waals surface area (Å²) in [7, 11) is 0. The standard InChI is InChI=1S/C16H14N2O4/c1-10-15(19)18-14-12(8-5-9-13(14)21-10)17-16(20)22-11-6-3-2-4-7-11/h2-10H,1H3,(H,17,20)(H,18,19). The minimum Gasteiger partial charge on any atom is -0.479 e. The van der Waals surface area contributed by atoms with Crippen LogP contribution in [0.4, 0.5) is 16.2 Å². The molecule has 112 valence electrons. The minimum absolute atomic E-state index is 0.266. The number of hydrogen-bond acceptors (Lipinski definition) is 4. The molecule has 0 saturated heterocycles. The number of carbonyl (C=O) groups excluding carboxylic acids is 2. The second-order valence-corrected chi connectivity index (χ2v) is 4.76. The highest BCUT2D eigenvalue weighted by Gasteiger charge is 2.26. The van der Waals surface area contributed by atoms with E-state index in [2.05, 4.69) is 10.6 Å². The van der Waals surface area contributed by atoms with Crippen molar-refractivity contribution >= 4 is 23.4 Å². The van der Waals surface area contributed by atoms with Crippen LogP contribution in [0.2, 0.25) is 0 Å². The number of anilines is 2. The predicted molar refractivity (Wildman–Crippen MR) is 81.3 cm³/mol. The summed E-state index contributed by atoms with van der Waals surface area (Å²) in [5.74, 6) is 0.668. The molecular weight excluding hydrogens is 284 g/mol. The lowest BCUT2D eigenvalue weighted by molar-refractivity contribution is -0.122. The van der Waals surface area contributed by atoms with E-state index in [0.29, 0.717) is 22.9 Å². The minimum atomic E-state index is -0.646. The highest BCUT2D eigenvalue weighted by atomic mass is 16.6. The number of rotatable bonds is 2. The molecule has 6 nitrogen and oxygen atoms in total. The van der Waals surface area contributed by atoms with Gasteiger partial charge < -0.3 is 14.8 Å². The molecule has 22 heavy (non-hydrogen) atoms. The fraction of sp³-hybridized carbons (Fsp3) is 0.125. The molecule has 2 aromatic rings. The van der Waals surface area contributed by atoms with Gasteiger partial charge in [0.1, 0.15) is 17.2 Å². The Bertz CT molecular complexity index is 715. The zero-order chi connectivity index (χ0) is 15.5. The molecule has 2 amide bonds. The molecule has 0 aromatic heterocycles. The summed E-state index contributed by atoms with van der Waals surface area (Å²) >= 11 is 0. The number of benzene rings is 2. The maximum absolute atomic E-state index is 11.9. The zero-order valence-corrected chi connectivity index (χ0v) is 11.8. The van der Waals surface area contributed by atoms with Crippen LogP contribution in [0.25, 0.3) is 0 Å². The Balaban J connectivity index is 1.77. The van der Waals surface area contributed by atoms with Crippen LogP contribution < -0.4 is 20.1 Å². The third kappa shape index (κ3) is 2.85. The van der Waals surface area contributed by atoms with Gasteiger partial charge in [-0.05, 0) is 31.2 Å². The number of nitrogens with one attached hydrogen (secondary N) is 2. The first-order chi connectivity index (χ1) is 10.6. The van der Waals surface area contributed by atoms with Crippen molar-refractivity contribution in [3.63, 3.8) is 0 Å². The molecule has 1 aliphatic rings.